The van der Waals surface area contributed by atoms with Crippen LogP contribution in [-0.4, -0.2) is 32.7 Å². The first-order valence-corrected chi connectivity index (χ1v) is 9.93. The van der Waals surface area contributed by atoms with Gasteiger partial charge in [0.05, 0.1) is 23.4 Å². The molecule has 1 N–H and O–H groups in total. The van der Waals surface area contributed by atoms with Crippen molar-refractivity contribution in [3.05, 3.63) is 65.7 Å². The molecular formula is C19H21NO4S. The Bertz CT molecular complexity index is 834. The zero-order valence-electron chi connectivity index (χ0n) is 13.9. The Hall–Kier alpha value is -2.18. The summed E-state index contributed by atoms with van der Waals surface area (Å²) >= 11 is 0. The van der Waals surface area contributed by atoms with Crippen molar-refractivity contribution >= 4 is 15.7 Å². The van der Waals surface area contributed by atoms with E-state index >= 15 is 0 Å². The molecule has 3 rings (SSSR count). The number of carbonyl (C=O) groups is 1. The topological polar surface area (TPSA) is 72.5 Å². The van der Waals surface area contributed by atoms with E-state index in [2.05, 4.69) is 11.4 Å². The molecule has 0 unspecified atom stereocenters. The Morgan fingerprint density at radius 2 is 1.72 bits per heavy atom. The lowest BCUT2D eigenvalue weighted by Crippen LogP contribution is -2.37. The normalized spacial score (nSPS) is 16.9. The molecule has 1 aliphatic rings. The molecule has 132 valence electrons. The van der Waals surface area contributed by atoms with Crippen LogP contribution in [0.25, 0.3) is 0 Å². The minimum absolute atomic E-state index is 0.0550. The lowest BCUT2D eigenvalue weighted by Gasteiger charge is -2.25. The summed E-state index contributed by atoms with van der Waals surface area (Å²) in [6.45, 7) is 0.928. The van der Waals surface area contributed by atoms with Crippen molar-refractivity contribution in [1.29, 1.82) is 0 Å². The molecule has 0 saturated carbocycles. The number of rotatable bonds is 6. The fourth-order valence-corrected chi connectivity index (χ4v) is 4.09. The van der Waals surface area contributed by atoms with Gasteiger partial charge in [-0.1, -0.05) is 42.5 Å². The van der Waals surface area contributed by atoms with Gasteiger partial charge in [-0.15, -0.1) is 0 Å². The van der Waals surface area contributed by atoms with Crippen molar-refractivity contribution in [3.8, 4) is 0 Å². The van der Waals surface area contributed by atoms with E-state index in [9.17, 15) is 13.2 Å². The highest BCUT2D eigenvalue weighted by Gasteiger charge is 2.20. The van der Waals surface area contributed by atoms with E-state index in [1.54, 1.807) is 30.3 Å². The molecule has 6 heteroatoms. The maximum absolute atomic E-state index is 12.2. The molecule has 1 heterocycles. The first kappa shape index (κ1) is 17.6. The van der Waals surface area contributed by atoms with E-state index in [-0.39, 0.29) is 29.1 Å². The monoisotopic (exact) mass is 359 g/mol. The highest BCUT2D eigenvalue weighted by atomic mass is 32.2. The summed E-state index contributed by atoms with van der Waals surface area (Å²) in [7, 11) is -3.43. The van der Waals surface area contributed by atoms with Gasteiger partial charge in [-0.25, -0.2) is 8.42 Å². The second kappa shape index (κ2) is 7.80. The van der Waals surface area contributed by atoms with Crippen molar-refractivity contribution in [1.82, 2.24) is 5.32 Å². The minimum Gasteiger partial charge on any atom is -0.371 e. The lowest BCUT2D eigenvalue weighted by atomic mass is 9.99. The standard InChI is InChI=1S/C19H21NO4S/c21-19(10-11-25(22,23)18-8-2-1-3-9-18)20-13-17-12-15-6-4-5-7-16(15)14-24-17/h1-9,17H,10-14H2,(H,20,21)/t17-/m0/s1. The number of hydrogen-bond donors (Lipinski definition) is 1. The first-order valence-electron chi connectivity index (χ1n) is 8.27. The molecule has 5 nitrogen and oxygen atoms in total. The fourth-order valence-electron chi connectivity index (χ4n) is 2.83. The molecule has 0 radical (unpaired) electrons. The molecule has 0 aromatic heterocycles. The Kier molecular flexibility index (Phi) is 5.50. The molecule has 2 aromatic carbocycles. The average molecular weight is 359 g/mol. The molecule has 0 bridgehead atoms. The molecular weight excluding hydrogens is 338 g/mol. The minimum atomic E-state index is -3.43. The van der Waals surface area contributed by atoms with Crippen LogP contribution in [0.1, 0.15) is 17.5 Å². The van der Waals surface area contributed by atoms with Gasteiger partial charge in [0.1, 0.15) is 0 Å². The highest BCUT2D eigenvalue weighted by molar-refractivity contribution is 7.91. The molecule has 1 aliphatic heterocycles. The predicted molar refractivity (Wildman–Crippen MR) is 94.8 cm³/mol. The van der Waals surface area contributed by atoms with E-state index < -0.39 is 9.84 Å². The zero-order chi connectivity index (χ0) is 17.7. The average Bonchev–Trinajstić information content (AvgIpc) is 2.65. The summed E-state index contributed by atoms with van der Waals surface area (Å²) in [5.41, 5.74) is 2.42. The van der Waals surface area contributed by atoms with Crippen LogP contribution in [0.4, 0.5) is 0 Å². The second-order valence-corrected chi connectivity index (χ2v) is 8.20. The van der Waals surface area contributed by atoms with E-state index in [4.69, 9.17) is 4.74 Å². The third-order valence-corrected chi connectivity index (χ3v) is 6.00. The fraction of sp³-hybridized carbons (Fsp3) is 0.316. The number of carbonyl (C=O) groups excluding carboxylic acids is 1. The van der Waals surface area contributed by atoms with Gasteiger partial charge in [-0.05, 0) is 23.3 Å². The van der Waals surface area contributed by atoms with Crippen LogP contribution in [0, 0.1) is 0 Å². The third-order valence-electron chi connectivity index (χ3n) is 4.27. The van der Waals surface area contributed by atoms with E-state index in [1.165, 1.54) is 11.1 Å². The summed E-state index contributed by atoms with van der Waals surface area (Å²) in [5, 5.41) is 2.78. The largest absolute Gasteiger partial charge is 0.371 e. The summed E-state index contributed by atoms with van der Waals surface area (Å²) in [4.78, 5) is 12.2. The van der Waals surface area contributed by atoms with Gasteiger partial charge in [0, 0.05) is 19.4 Å². The van der Waals surface area contributed by atoms with E-state index in [1.807, 2.05) is 18.2 Å². The van der Waals surface area contributed by atoms with Crippen molar-refractivity contribution in [3.63, 3.8) is 0 Å². The van der Waals surface area contributed by atoms with Gasteiger partial charge in [0.2, 0.25) is 5.91 Å². The molecule has 0 fully saturated rings. The molecule has 0 spiro atoms. The van der Waals surface area contributed by atoms with Crippen LogP contribution in [0.15, 0.2) is 59.5 Å². The zero-order valence-corrected chi connectivity index (χ0v) is 14.7. The maximum Gasteiger partial charge on any atom is 0.221 e. The van der Waals surface area contributed by atoms with Gasteiger partial charge in [-0.3, -0.25) is 4.79 Å². The van der Waals surface area contributed by atoms with Crippen LogP contribution in [0.2, 0.25) is 0 Å². The van der Waals surface area contributed by atoms with Crippen molar-refractivity contribution in [2.75, 3.05) is 12.3 Å². The Labute approximate surface area is 147 Å². The SMILES string of the molecule is O=C(CCS(=O)(=O)c1ccccc1)NC[C@@H]1Cc2ccccc2CO1. The van der Waals surface area contributed by atoms with Gasteiger partial charge in [-0.2, -0.15) is 0 Å². The Balaban J connectivity index is 1.46. The number of fused-ring (bicyclic) bond motifs is 1. The Morgan fingerprint density at radius 1 is 1.04 bits per heavy atom. The number of hydrogen-bond acceptors (Lipinski definition) is 4. The van der Waals surface area contributed by atoms with Gasteiger partial charge < -0.3 is 10.1 Å². The van der Waals surface area contributed by atoms with E-state index in [0.717, 1.165) is 6.42 Å². The van der Waals surface area contributed by atoms with Crippen LogP contribution >= 0.6 is 0 Å². The molecule has 0 aliphatic carbocycles. The van der Waals surface area contributed by atoms with Gasteiger partial charge in [0.25, 0.3) is 0 Å². The number of ether oxygens (including phenoxy) is 1. The lowest BCUT2D eigenvalue weighted by molar-refractivity contribution is -0.121. The summed E-state index contributed by atoms with van der Waals surface area (Å²) in [5.74, 6) is -0.473. The molecule has 0 saturated heterocycles. The van der Waals surface area contributed by atoms with Crippen LogP contribution in [0.5, 0.6) is 0 Å². The predicted octanol–water partition coefficient (Wildman–Crippen LogP) is 2.11. The number of benzene rings is 2. The Morgan fingerprint density at radius 3 is 2.48 bits per heavy atom. The maximum atomic E-state index is 12.2. The van der Waals surface area contributed by atoms with E-state index in [0.29, 0.717) is 13.2 Å². The summed E-state index contributed by atoms with van der Waals surface area (Å²) in [6.07, 6.45) is 0.615. The first-order chi connectivity index (χ1) is 12.0. The van der Waals surface area contributed by atoms with Gasteiger partial charge in [0.15, 0.2) is 9.84 Å². The molecule has 25 heavy (non-hydrogen) atoms. The van der Waals surface area contributed by atoms with Crippen LogP contribution in [0.3, 0.4) is 0 Å². The number of amides is 1. The summed E-state index contributed by atoms with van der Waals surface area (Å²) in [6, 6.07) is 16.3. The smallest absolute Gasteiger partial charge is 0.221 e. The second-order valence-electron chi connectivity index (χ2n) is 6.09. The highest BCUT2D eigenvalue weighted by Crippen LogP contribution is 2.19. The number of nitrogens with one attached hydrogen (secondary N) is 1. The molecule has 1 atom stereocenters. The molecule has 1 amide bonds. The van der Waals surface area contributed by atoms with Crippen molar-refractivity contribution in [2.45, 2.75) is 30.4 Å². The third kappa shape index (κ3) is 4.67. The summed E-state index contributed by atoms with van der Waals surface area (Å²) < 4.78 is 30.1. The molecule has 2 aromatic rings. The quantitative estimate of drug-likeness (QED) is 0.857. The van der Waals surface area contributed by atoms with Crippen LogP contribution < -0.4 is 5.32 Å². The van der Waals surface area contributed by atoms with Crippen molar-refractivity contribution < 1.29 is 17.9 Å². The van der Waals surface area contributed by atoms with Crippen LogP contribution in [-0.2, 0) is 32.4 Å². The van der Waals surface area contributed by atoms with Gasteiger partial charge >= 0.3 is 0 Å². The van der Waals surface area contributed by atoms with Crippen molar-refractivity contribution in [2.24, 2.45) is 0 Å². The number of sulfone groups is 1.